The Labute approximate surface area is 132 Å². The van der Waals surface area contributed by atoms with E-state index in [1.807, 2.05) is 12.1 Å². The molecule has 0 saturated heterocycles. The van der Waals surface area contributed by atoms with Gasteiger partial charge in [0, 0.05) is 17.2 Å². The van der Waals surface area contributed by atoms with Crippen molar-refractivity contribution in [3.63, 3.8) is 0 Å². The topological polar surface area (TPSA) is 44.8 Å². The fraction of sp³-hybridized carbons (Fsp3) is 0.118. The zero-order valence-corrected chi connectivity index (χ0v) is 12.8. The molecule has 0 bridgehead atoms. The standard InChI is InChI=1S/C17H13ClO4/c1-20-12-8-14(21-2)16-13(17(19)22-15(16)9-12)7-10-3-5-11(18)6-4-10/h3-9H,1-2H3/b13-7-. The molecule has 0 radical (unpaired) electrons. The van der Waals surface area contributed by atoms with E-state index < -0.39 is 5.97 Å². The molecule has 0 N–H and O–H groups in total. The van der Waals surface area contributed by atoms with Crippen LogP contribution in [0.25, 0.3) is 11.6 Å². The molecule has 1 heterocycles. The van der Waals surface area contributed by atoms with Crippen LogP contribution in [0.2, 0.25) is 5.02 Å². The molecule has 0 amide bonds. The summed E-state index contributed by atoms with van der Waals surface area (Å²) in [5.74, 6) is 1.11. The second-order valence-corrected chi connectivity index (χ2v) is 5.14. The number of hydrogen-bond acceptors (Lipinski definition) is 4. The Morgan fingerprint density at radius 3 is 2.45 bits per heavy atom. The van der Waals surface area contributed by atoms with Gasteiger partial charge in [0.05, 0.1) is 25.4 Å². The summed E-state index contributed by atoms with van der Waals surface area (Å²) >= 11 is 5.87. The van der Waals surface area contributed by atoms with Gasteiger partial charge >= 0.3 is 5.97 Å². The van der Waals surface area contributed by atoms with Crippen LogP contribution >= 0.6 is 11.6 Å². The van der Waals surface area contributed by atoms with E-state index in [1.165, 1.54) is 7.11 Å². The van der Waals surface area contributed by atoms with Gasteiger partial charge in [0.25, 0.3) is 0 Å². The van der Waals surface area contributed by atoms with Crippen molar-refractivity contribution in [2.24, 2.45) is 0 Å². The van der Waals surface area contributed by atoms with E-state index in [2.05, 4.69) is 0 Å². The Bertz CT molecular complexity index is 763. The van der Waals surface area contributed by atoms with Gasteiger partial charge in [-0.25, -0.2) is 4.79 Å². The van der Waals surface area contributed by atoms with Crippen molar-refractivity contribution in [3.8, 4) is 17.2 Å². The Kier molecular flexibility index (Phi) is 3.77. The monoisotopic (exact) mass is 316 g/mol. The second-order valence-electron chi connectivity index (χ2n) is 4.70. The summed E-state index contributed by atoms with van der Waals surface area (Å²) in [5, 5.41) is 0.638. The molecule has 2 aromatic rings. The highest BCUT2D eigenvalue weighted by Gasteiger charge is 2.31. The SMILES string of the molecule is COc1cc(OC)c2c(c1)OC(=O)/C2=C\c1ccc(Cl)cc1. The highest BCUT2D eigenvalue weighted by Crippen LogP contribution is 2.44. The normalized spacial score (nSPS) is 14.7. The first-order valence-corrected chi connectivity index (χ1v) is 6.96. The second kappa shape index (κ2) is 5.73. The lowest BCUT2D eigenvalue weighted by Gasteiger charge is -2.08. The minimum absolute atomic E-state index is 0.420. The first kappa shape index (κ1) is 14.5. The summed E-state index contributed by atoms with van der Waals surface area (Å²) in [4.78, 5) is 12.2. The number of esters is 1. The fourth-order valence-electron chi connectivity index (χ4n) is 2.30. The van der Waals surface area contributed by atoms with Crippen molar-refractivity contribution in [1.29, 1.82) is 0 Å². The van der Waals surface area contributed by atoms with E-state index in [0.717, 1.165) is 5.56 Å². The molecular weight excluding hydrogens is 304 g/mol. The number of hydrogen-bond donors (Lipinski definition) is 0. The molecule has 0 saturated carbocycles. The lowest BCUT2D eigenvalue weighted by molar-refractivity contribution is -0.126. The molecule has 0 unspecified atom stereocenters. The van der Waals surface area contributed by atoms with Crippen LogP contribution in [-0.4, -0.2) is 20.2 Å². The van der Waals surface area contributed by atoms with Crippen molar-refractivity contribution in [2.75, 3.05) is 14.2 Å². The first-order valence-electron chi connectivity index (χ1n) is 6.58. The van der Waals surface area contributed by atoms with Crippen LogP contribution in [0.1, 0.15) is 11.1 Å². The molecule has 0 fully saturated rings. The third-order valence-corrected chi connectivity index (χ3v) is 3.62. The van der Waals surface area contributed by atoms with Crippen LogP contribution in [0.4, 0.5) is 0 Å². The zero-order chi connectivity index (χ0) is 15.7. The number of carbonyl (C=O) groups is 1. The Morgan fingerprint density at radius 2 is 1.82 bits per heavy atom. The molecule has 1 aliphatic rings. The number of methoxy groups -OCH3 is 2. The zero-order valence-electron chi connectivity index (χ0n) is 12.1. The third kappa shape index (κ3) is 2.53. The van der Waals surface area contributed by atoms with Crippen molar-refractivity contribution >= 4 is 29.2 Å². The maximum absolute atomic E-state index is 12.2. The summed E-state index contributed by atoms with van der Waals surface area (Å²) in [6.45, 7) is 0. The Balaban J connectivity index is 2.13. The maximum Gasteiger partial charge on any atom is 0.344 e. The maximum atomic E-state index is 12.2. The van der Waals surface area contributed by atoms with Gasteiger partial charge < -0.3 is 14.2 Å². The fourth-order valence-corrected chi connectivity index (χ4v) is 2.43. The third-order valence-electron chi connectivity index (χ3n) is 3.37. The molecule has 0 spiro atoms. The highest BCUT2D eigenvalue weighted by molar-refractivity contribution is 6.30. The summed E-state index contributed by atoms with van der Waals surface area (Å²) in [6, 6.07) is 10.6. The van der Waals surface area contributed by atoms with Gasteiger partial charge in [-0.05, 0) is 23.8 Å². The number of benzene rings is 2. The predicted octanol–water partition coefficient (Wildman–Crippen LogP) is 3.82. The van der Waals surface area contributed by atoms with Crippen molar-refractivity contribution in [3.05, 3.63) is 52.5 Å². The number of ether oxygens (including phenoxy) is 3. The van der Waals surface area contributed by atoms with E-state index in [1.54, 1.807) is 37.5 Å². The molecule has 3 rings (SSSR count). The lowest BCUT2D eigenvalue weighted by atomic mass is 10.0. The molecule has 0 atom stereocenters. The summed E-state index contributed by atoms with van der Waals surface area (Å²) in [7, 11) is 3.08. The van der Waals surface area contributed by atoms with Crippen LogP contribution in [0, 0.1) is 0 Å². The van der Waals surface area contributed by atoms with E-state index in [4.69, 9.17) is 25.8 Å². The van der Waals surface area contributed by atoms with Gasteiger partial charge in [-0.2, -0.15) is 0 Å². The van der Waals surface area contributed by atoms with Crippen LogP contribution in [0.3, 0.4) is 0 Å². The molecule has 2 aromatic carbocycles. The Morgan fingerprint density at radius 1 is 1.09 bits per heavy atom. The van der Waals surface area contributed by atoms with E-state index in [-0.39, 0.29) is 0 Å². The minimum atomic E-state index is -0.420. The van der Waals surface area contributed by atoms with Crippen molar-refractivity contribution in [1.82, 2.24) is 0 Å². The van der Waals surface area contributed by atoms with Crippen molar-refractivity contribution < 1.29 is 19.0 Å². The average Bonchev–Trinajstić information content (AvgIpc) is 2.84. The molecule has 5 heteroatoms. The van der Waals surface area contributed by atoms with E-state index in [9.17, 15) is 4.79 Å². The van der Waals surface area contributed by atoms with E-state index in [0.29, 0.717) is 33.4 Å². The van der Waals surface area contributed by atoms with Gasteiger partial charge in [-0.15, -0.1) is 0 Å². The number of halogens is 1. The average molecular weight is 317 g/mol. The van der Waals surface area contributed by atoms with Gasteiger partial charge in [0.1, 0.15) is 17.2 Å². The lowest BCUT2D eigenvalue weighted by Crippen LogP contribution is -2.00. The summed E-state index contributed by atoms with van der Waals surface area (Å²) < 4.78 is 15.8. The summed E-state index contributed by atoms with van der Waals surface area (Å²) in [6.07, 6.45) is 1.75. The van der Waals surface area contributed by atoms with Crippen LogP contribution in [0.5, 0.6) is 17.2 Å². The number of rotatable bonds is 3. The van der Waals surface area contributed by atoms with Crippen LogP contribution < -0.4 is 14.2 Å². The van der Waals surface area contributed by atoms with E-state index >= 15 is 0 Å². The molecule has 0 aromatic heterocycles. The van der Waals surface area contributed by atoms with Gasteiger partial charge in [-0.1, -0.05) is 23.7 Å². The van der Waals surface area contributed by atoms with Gasteiger partial charge in [0.15, 0.2) is 0 Å². The molecule has 1 aliphatic heterocycles. The summed E-state index contributed by atoms with van der Waals surface area (Å²) in [5.41, 5.74) is 1.92. The van der Waals surface area contributed by atoms with Gasteiger partial charge in [-0.3, -0.25) is 0 Å². The van der Waals surface area contributed by atoms with Gasteiger partial charge in [0.2, 0.25) is 0 Å². The smallest absolute Gasteiger partial charge is 0.344 e. The van der Waals surface area contributed by atoms with Crippen molar-refractivity contribution in [2.45, 2.75) is 0 Å². The molecule has 112 valence electrons. The Hall–Kier alpha value is -2.46. The van der Waals surface area contributed by atoms with Crippen LogP contribution in [-0.2, 0) is 4.79 Å². The predicted molar refractivity (Wildman–Crippen MR) is 84.5 cm³/mol. The van der Waals surface area contributed by atoms with Crippen LogP contribution in [0.15, 0.2) is 36.4 Å². The number of fused-ring (bicyclic) bond motifs is 1. The number of carbonyl (C=O) groups excluding carboxylic acids is 1. The highest BCUT2D eigenvalue weighted by atomic mass is 35.5. The quantitative estimate of drug-likeness (QED) is 0.490. The largest absolute Gasteiger partial charge is 0.496 e. The molecular formula is C17H13ClO4. The first-order chi connectivity index (χ1) is 10.6. The molecule has 4 nitrogen and oxygen atoms in total. The minimum Gasteiger partial charge on any atom is -0.496 e. The molecule has 0 aliphatic carbocycles. The molecule has 22 heavy (non-hydrogen) atoms.